The average molecular weight is 1680 g/mol. The summed E-state index contributed by atoms with van der Waals surface area (Å²) in [7, 11) is 6.00. The number of unbranched alkanes of at least 4 members (excludes halogenated alkanes) is 3. The van der Waals surface area contributed by atoms with Crippen LogP contribution in [0.1, 0.15) is 183 Å². The molecule has 2 aliphatic heterocycles. The molecular weight excluding hydrogens is 1550 g/mol. The van der Waals surface area contributed by atoms with E-state index in [0.29, 0.717) is 62.7 Å². The van der Waals surface area contributed by atoms with Gasteiger partial charge in [0.15, 0.2) is 0 Å². The number of imide groups is 2. The lowest BCUT2D eigenvalue weighted by molar-refractivity contribution is -0.174. The van der Waals surface area contributed by atoms with Crippen LogP contribution in [0.25, 0.3) is 0 Å². The number of halogens is 3. The molecule has 656 valence electrons. The van der Waals surface area contributed by atoms with Crippen molar-refractivity contribution in [2.45, 2.75) is 256 Å². The number of alkyl halides is 3. The molecule has 15 amide bonds. The lowest BCUT2D eigenvalue weighted by Gasteiger charge is -2.41. The van der Waals surface area contributed by atoms with Gasteiger partial charge in [-0.3, -0.25) is 72.7 Å². The highest BCUT2D eigenvalue weighted by molar-refractivity contribution is 8.00. The fourth-order valence-corrected chi connectivity index (χ4v) is 15.4. The molecule has 2 heterocycles. The lowest BCUT2D eigenvalue weighted by atomic mass is 9.89. The highest BCUT2D eigenvalue weighted by atomic mass is 32.2. The van der Waals surface area contributed by atoms with Crippen molar-refractivity contribution >= 4 is 100 Å². The molecule has 37 heteroatoms. The standard InChI is InChI=1S/C80H126F3N15O18S/c1-15-48(8)66(58(114-13)42-61(100)97-40-25-30-57(97)68(115-14)49(9)69(103)88-50(10)67(102)52-26-18-16-19-27-52)95(11)76(110)64(46(4)5)93-74(108)65(47(6)7)96(12)79(113)116-44-51-32-34-53(35-33-51)89-71(105)55(29-24-38-87-78(86)112)90-73(107)63(45(2)3)92-60(99)31-20-17-23-39-98-62(101)43-59(75(98)109)117-41-36-56(91-77(111)80(81,82)83)72(106)94-70(104)54(85)28-21-22-37-84/h16,18-19,26-27,32-35,45-50,54-59,63-68,102H,15,17,20-25,28-31,36-44,84-85H2,1-14H3,(H,88,103)(H,89,105)(H,90,107)(H,91,111)(H,92,99)(H,93,108)(H3,86,87,112)(H,94,104,106)/t48-,49+,50+,54-,55-,56?,57-,58+,59?,63-,64-,65-,66?,67+,68+/m0/s1. The number of carbonyl (C=O) groups excluding carboxylic acids is 14. The molecule has 0 saturated carbocycles. The van der Waals surface area contributed by atoms with E-state index in [4.69, 9.17) is 31.4 Å². The van der Waals surface area contributed by atoms with Crippen LogP contribution in [0.4, 0.5) is 28.4 Å². The molecule has 117 heavy (non-hydrogen) atoms. The summed E-state index contributed by atoms with van der Waals surface area (Å²) in [4.78, 5) is 193. The van der Waals surface area contributed by atoms with E-state index in [9.17, 15) is 85.4 Å². The summed E-state index contributed by atoms with van der Waals surface area (Å²) >= 11 is 0.884. The predicted octanol–water partition coefficient (Wildman–Crippen LogP) is 4.55. The van der Waals surface area contributed by atoms with Gasteiger partial charge in [0.2, 0.25) is 65.0 Å². The number of nitrogens with zero attached hydrogens (tertiary/aromatic N) is 4. The van der Waals surface area contributed by atoms with Crippen LogP contribution in [-0.2, 0) is 78.4 Å². The summed E-state index contributed by atoms with van der Waals surface area (Å²) in [5.74, 6) is -11.8. The number of nitrogens with one attached hydrogen (secondary N) is 8. The molecular formula is C80H126F3N15O18S. The van der Waals surface area contributed by atoms with Gasteiger partial charge in [0.05, 0.1) is 60.1 Å². The number of aliphatic hydroxyl groups is 1. The first-order chi connectivity index (χ1) is 55.1. The van der Waals surface area contributed by atoms with Crippen LogP contribution >= 0.6 is 11.8 Å². The molecule has 15 atom stereocenters. The number of rotatable bonds is 49. The van der Waals surface area contributed by atoms with Crippen LogP contribution in [0.3, 0.4) is 0 Å². The molecule has 0 bridgehead atoms. The zero-order valence-corrected chi connectivity index (χ0v) is 70.7. The number of primary amides is 1. The normalized spacial score (nSPS) is 17.7. The minimum Gasteiger partial charge on any atom is -0.445 e. The quantitative estimate of drug-likeness (QED) is 0.0319. The number of thioether (sulfide) groups is 1. The maximum absolute atomic E-state index is 14.9. The fraction of sp³-hybridized carbons (Fsp3) is 0.675. The number of methoxy groups -OCH3 is 2. The Morgan fingerprint density at radius 2 is 1.35 bits per heavy atom. The van der Waals surface area contributed by atoms with Crippen molar-refractivity contribution in [2.24, 2.45) is 46.8 Å². The molecule has 15 N–H and O–H groups in total. The van der Waals surface area contributed by atoms with E-state index in [1.165, 1.54) is 38.3 Å². The van der Waals surface area contributed by atoms with Gasteiger partial charge in [-0.25, -0.2) is 9.59 Å². The summed E-state index contributed by atoms with van der Waals surface area (Å²) in [6, 6.07) is 5.07. The van der Waals surface area contributed by atoms with Gasteiger partial charge in [0, 0.05) is 66.5 Å². The summed E-state index contributed by atoms with van der Waals surface area (Å²) in [6.07, 6.45) is -5.58. The molecule has 0 spiro atoms. The Hall–Kier alpha value is -9.04. The van der Waals surface area contributed by atoms with Crippen molar-refractivity contribution < 1.29 is 99.6 Å². The number of ether oxygens (including phenoxy) is 3. The monoisotopic (exact) mass is 1670 g/mol. The third kappa shape index (κ3) is 31.3. The van der Waals surface area contributed by atoms with Crippen LogP contribution in [-0.4, -0.2) is 246 Å². The minimum atomic E-state index is -5.36. The van der Waals surface area contributed by atoms with E-state index in [1.54, 1.807) is 109 Å². The van der Waals surface area contributed by atoms with E-state index >= 15 is 0 Å². The number of urea groups is 1. The average Bonchev–Trinajstić information content (AvgIpc) is 1.80. The van der Waals surface area contributed by atoms with Crippen molar-refractivity contribution in [1.29, 1.82) is 0 Å². The molecule has 2 aromatic rings. The molecule has 2 saturated heterocycles. The predicted molar refractivity (Wildman–Crippen MR) is 432 cm³/mol. The van der Waals surface area contributed by atoms with Crippen LogP contribution in [0, 0.1) is 29.6 Å². The van der Waals surface area contributed by atoms with Crippen molar-refractivity contribution in [3.05, 3.63) is 65.7 Å². The Bertz CT molecular complexity index is 3630. The molecule has 4 rings (SSSR count). The second-order valence-electron chi connectivity index (χ2n) is 31.1. The van der Waals surface area contributed by atoms with Crippen LogP contribution in [0.15, 0.2) is 54.6 Å². The number of carbonyl (C=O) groups is 14. The number of benzene rings is 2. The number of nitrogens with two attached hydrogens (primary N) is 3. The molecule has 0 radical (unpaired) electrons. The molecule has 0 aliphatic carbocycles. The van der Waals surface area contributed by atoms with Gasteiger partial charge in [-0.1, -0.05) is 124 Å². The maximum atomic E-state index is 14.9. The highest BCUT2D eigenvalue weighted by Gasteiger charge is 2.46. The Kier molecular flexibility index (Phi) is 42.3. The molecule has 2 aromatic carbocycles. The molecule has 2 aliphatic rings. The molecule has 3 unspecified atom stereocenters. The Balaban J connectivity index is 1.33. The zero-order valence-electron chi connectivity index (χ0n) is 69.9. The maximum Gasteiger partial charge on any atom is 0.471 e. The Labute approximate surface area is 688 Å². The second kappa shape index (κ2) is 49.4. The molecule has 0 aromatic heterocycles. The van der Waals surface area contributed by atoms with Crippen LogP contribution < -0.4 is 59.7 Å². The van der Waals surface area contributed by atoms with Gasteiger partial charge in [-0.15, -0.1) is 11.8 Å². The van der Waals surface area contributed by atoms with Gasteiger partial charge < -0.3 is 83.5 Å². The number of amides is 15. The van der Waals surface area contributed by atoms with Crippen LogP contribution in [0.5, 0.6) is 0 Å². The van der Waals surface area contributed by atoms with Crippen LogP contribution in [0.2, 0.25) is 0 Å². The number of hydrogen-bond donors (Lipinski definition) is 12. The first kappa shape index (κ1) is 100. The smallest absolute Gasteiger partial charge is 0.445 e. The van der Waals surface area contributed by atoms with Crippen molar-refractivity contribution in [2.75, 3.05) is 65.6 Å². The van der Waals surface area contributed by atoms with E-state index in [1.807, 2.05) is 25.2 Å². The second-order valence-corrected chi connectivity index (χ2v) is 32.4. The highest BCUT2D eigenvalue weighted by Crippen LogP contribution is 2.32. The first-order valence-electron chi connectivity index (χ1n) is 40.2. The van der Waals surface area contributed by atoms with Crippen molar-refractivity contribution in [1.82, 2.24) is 56.8 Å². The van der Waals surface area contributed by atoms with Gasteiger partial charge in [0.25, 0.3) is 0 Å². The van der Waals surface area contributed by atoms with E-state index in [2.05, 4.69) is 31.9 Å². The topological polar surface area (TPSA) is 474 Å². The molecule has 2 fully saturated rings. The van der Waals surface area contributed by atoms with E-state index in [0.717, 1.165) is 21.6 Å². The number of anilines is 1. The van der Waals surface area contributed by atoms with Gasteiger partial charge >= 0.3 is 24.2 Å². The van der Waals surface area contributed by atoms with E-state index in [-0.39, 0.29) is 100 Å². The zero-order chi connectivity index (χ0) is 87.7. The Morgan fingerprint density at radius 3 is 1.94 bits per heavy atom. The third-order valence-corrected chi connectivity index (χ3v) is 22.4. The Morgan fingerprint density at radius 1 is 0.701 bits per heavy atom. The number of aliphatic hydroxyl groups excluding tert-OH is 1. The minimum absolute atomic E-state index is 0.00473. The summed E-state index contributed by atoms with van der Waals surface area (Å²) < 4.78 is 57.4. The lowest BCUT2D eigenvalue weighted by Crippen LogP contribution is -2.60. The first-order valence-corrected chi connectivity index (χ1v) is 41.2. The summed E-state index contributed by atoms with van der Waals surface area (Å²) in [5, 5.41) is 30.0. The third-order valence-electron chi connectivity index (χ3n) is 21.2. The number of hydrogen-bond acceptors (Lipinski definition) is 21. The van der Waals surface area contributed by atoms with Gasteiger partial charge in [0.1, 0.15) is 36.8 Å². The summed E-state index contributed by atoms with van der Waals surface area (Å²) in [5.41, 5.74) is 17.9. The largest absolute Gasteiger partial charge is 0.471 e. The molecule has 33 nitrogen and oxygen atoms in total. The number of likely N-dealkylation sites (tertiary alicyclic amines) is 2. The number of likely N-dealkylation sites (N-methyl/N-ethyl adjacent to an activating group) is 2. The van der Waals surface area contributed by atoms with Crippen molar-refractivity contribution in [3.8, 4) is 0 Å². The van der Waals surface area contributed by atoms with E-state index < -0.39 is 185 Å². The van der Waals surface area contributed by atoms with Gasteiger partial charge in [-0.2, -0.15) is 13.2 Å². The SMILES string of the molecule is CC[C@H](C)C([C@@H](CC(=O)N1CCC[C@H]1[C@H](OC)[C@@H](C)C(=O)N[C@H](C)[C@@H](O)c1ccccc1)OC)N(C)C(=O)[C@@H](NC(=O)[C@H](C(C)C)N(C)C(=O)OCc1ccc(NC(=O)[C@H](CCCNC(N)=O)NC(=O)[C@@H](NC(=O)CCCCCN2C(=O)CC(SCCC(NC(=O)C(F)(F)F)C(=O)NC(=O)[C@@H](N)CCCCN)C2=O)C(C)C)cc1)C(C)C. The summed E-state index contributed by atoms with van der Waals surface area (Å²) in [6.45, 7) is 18.2. The fourth-order valence-electron chi connectivity index (χ4n) is 14.2. The van der Waals surface area contributed by atoms with Gasteiger partial charge in [-0.05, 0) is 124 Å². The van der Waals surface area contributed by atoms with Crippen molar-refractivity contribution in [3.63, 3.8) is 0 Å².